The van der Waals surface area contributed by atoms with E-state index in [2.05, 4.69) is 30.6 Å². The Kier molecular flexibility index (Phi) is 4.70. The number of nitrogens with zero attached hydrogens (tertiary/aromatic N) is 5. The van der Waals surface area contributed by atoms with Gasteiger partial charge in [0.2, 0.25) is 5.91 Å². The van der Waals surface area contributed by atoms with Gasteiger partial charge in [0, 0.05) is 29.2 Å². The van der Waals surface area contributed by atoms with Crippen LogP contribution in [0.1, 0.15) is 37.0 Å². The fraction of sp³-hybridized carbons (Fsp3) is 0.227. The number of aromatic nitrogens is 6. The summed E-state index contributed by atoms with van der Waals surface area (Å²) in [6, 6.07) is 11.6. The van der Waals surface area contributed by atoms with Crippen molar-refractivity contribution in [2.45, 2.75) is 32.7 Å². The largest absolute Gasteiger partial charge is 0.361 e. The zero-order valence-electron chi connectivity index (χ0n) is 17.2. The van der Waals surface area contributed by atoms with Gasteiger partial charge in [-0.2, -0.15) is 4.98 Å². The third-order valence-corrected chi connectivity index (χ3v) is 5.16. The van der Waals surface area contributed by atoms with Crippen molar-refractivity contribution < 1.29 is 9.32 Å². The van der Waals surface area contributed by atoms with Gasteiger partial charge in [-0.05, 0) is 23.8 Å². The molecule has 4 heterocycles. The maximum atomic E-state index is 12.5. The van der Waals surface area contributed by atoms with Gasteiger partial charge in [-0.15, -0.1) is 10.2 Å². The van der Waals surface area contributed by atoms with Gasteiger partial charge in [-0.3, -0.25) is 9.20 Å². The molecule has 0 atom stereocenters. The summed E-state index contributed by atoms with van der Waals surface area (Å²) < 4.78 is 7.23. The maximum absolute atomic E-state index is 12.5. The van der Waals surface area contributed by atoms with Crippen LogP contribution in [0.2, 0.25) is 0 Å². The quantitative estimate of drug-likeness (QED) is 0.440. The highest BCUT2D eigenvalue weighted by Crippen LogP contribution is 2.24. The standard InChI is InChI=1S/C22H21N7O2/c1-13(2)20-25-22(31-28-20)16-7-5-9-29-18(26-27-21(16)29)12-24-19(30)10-14-11-23-17-8-4-3-6-15(14)17/h3-9,11,13,23H,10,12H2,1-2H3,(H,24,30). The average Bonchev–Trinajstić information content (AvgIpc) is 3.51. The van der Waals surface area contributed by atoms with Crippen molar-refractivity contribution in [2.75, 3.05) is 0 Å². The van der Waals surface area contributed by atoms with E-state index in [4.69, 9.17) is 4.52 Å². The summed E-state index contributed by atoms with van der Waals surface area (Å²) >= 11 is 0. The average molecular weight is 415 g/mol. The molecule has 0 fully saturated rings. The maximum Gasteiger partial charge on any atom is 0.261 e. The first-order valence-corrected chi connectivity index (χ1v) is 10.1. The van der Waals surface area contributed by atoms with Crippen LogP contribution in [0.4, 0.5) is 0 Å². The minimum absolute atomic E-state index is 0.0869. The lowest BCUT2D eigenvalue weighted by molar-refractivity contribution is -0.120. The molecule has 0 saturated carbocycles. The lowest BCUT2D eigenvalue weighted by Gasteiger charge is -2.04. The Balaban J connectivity index is 1.33. The van der Waals surface area contributed by atoms with Gasteiger partial charge in [0.15, 0.2) is 17.3 Å². The Labute approximate surface area is 177 Å². The molecule has 0 spiro atoms. The summed E-state index contributed by atoms with van der Waals surface area (Å²) in [5, 5.41) is 16.5. The third-order valence-electron chi connectivity index (χ3n) is 5.16. The molecule has 5 rings (SSSR count). The van der Waals surface area contributed by atoms with E-state index in [1.165, 1.54) is 0 Å². The van der Waals surface area contributed by atoms with Crippen LogP contribution in [0.5, 0.6) is 0 Å². The molecule has 0 radical (unpaired) electrons. The van der Waals surface area contributed by atoms with Gasteiger partial charge in [-0.1, -0.05) is 37.2 Å². The predicted octanol–water partition coefficient (Wildman–Crippen LogP) is 3.24. The van der Waals surface area contributed by atoms with Crippen molar-refractivity contribution in [3.63, 3.8) is 0 Å². The molecule has 1 amide bonds. The second-order valence-electron chi connectivity index (χ2n) is 7.66. The molecule has 0 unspecified atom stereocenters. The summed E-state index contributed by atoms with van der Waals surface area (Å²) in [4.78, 5) is 20.2. The van der Waals surface area contributed by atoms with Crippen LogP contribution in [0.25, 0.3) is 28.0 Å². The molecular formula is C22H21N7O2. The number of nitrogens with one attached hydrogen (secondary N) is 2. The van der Waals surface area contributed by atoms with Crippen molar-refractivity contribution in [3.05, 3.63) is 66.0 Å². The van der Waals surface area contributed by atoms with E-state index in [1.54, 1.807) is 0 Å². The van der Waals surface area contributed by atoms with E-state index < -0.39 is 0 Å². The van der Waals surface area contributed by atoms with E-state index in [1.807, 2.05) is 67.0 Å². The number of rotatable bonds is 6. The first-order valence-electron chi connectivity index (χ1n) is 10.1. The van der Waals surface area contributed by atoms with Crippen LogP contribution in [0.3, 0.4) is 0 Å². The van der Waals surface area contributed by atoms with Crippen LogP contribution >= 0.6 is 0 Å². The van der Waals surface area contributed by atoms with Crippen molar-refractivity contribution in [1.82, 2.24) is 35.0 Å². The number of amides is 1. The number of para-hydroxylation sites is 1. The second kappa shape index (κ2) is 7.67. The Morgan fingerprint density at radius 1 is 1.19 bits per heavy atom. The van der Waals surface area contributed by atoms with Gasteiger partial charge >= 0.3 is 0 Å². The molecule has 1 aromatic carbocycles. The lowest BCUT2D eigenvalue weighted by Crippen LogP contribution is -2.25. The predicted molar refractivity (Wildman–Crippen MR) is 114 cm³/mol. The molecule has 156 valence electrons. The fourth-order valence-electron chi connectivity index (χ4n) is 3.52. The van der Waals surface area contributed by atoms with E-state index >= 15 is 0 Å². The smallest absolute Gasteiger partial charge is 0.261 e. The number of H-pyrrole nitrogens is 1. The fourth-order valence-corrected chi connectivity index (χ4v) is 3.52. The molecule has 9 heteroatoms. The number of fused-ring (bicyclic) bond motifs is 2. The topological polar surface area (TPSA) is 114 Å². The van der Waals surface area contributed by atoms with Gasteiger partial charge in [0.25, 0.3) is 5.89 Å². The number of hydrogen-bond acceptors (Lipinski definition) is 6. The molecule has 0 aliphatic heterocycles. The number of aromatic amines is 1. The normalized spacial score (nSPS) is 11.6. The van der Waals surface area contributed by atoms with Gasteiger partial charge in [-0.25, -0.2) is 0 Å². The number of pyridine rings is 1. The third kappa shape index (κ3) is 3.54. The molecule has 0 bridgehead atoms. The van der Waals surface area contributed by atoms with Crippen LogP contribution in [-0.2, 0) is 17.8 Å². The first-order chi connectivity index (χ1) is 15.1. The van der Waals surface area contributed by atoms with E-state index in [9.17, 15) is 4.79 Å². The van der Waals surface area contributed by atoms with E-state index in [0.29, 0.717) is 28.8 Å². The molecule has 5 aromatic rings. The Morgan fingerprint density at radius 2 is 2.06 bits per heavy atom. The van der Waals surface area contributed by atoms with Gasteiger partial charge in [0.1, 0.15) is 0 Å². The van der Waals surface area contributed by atoms with Crippen LogP contribution in [-0.4, -0.2) is 35.6 Å². The minimum Gasteiger partial charge on any atom is -0.361 e. The van der Waals surface area contributed by atoms with Crippen LogP contribution < -0.4 is 5.32 Å². The van der Waals surface area contributed by atoms with Gasteiger partial charge in [0.05, 0.1) is 18.5 Å². The van der Waals surface area contributed by atoms with Crippen molar-refractivity contribution in [1.29, 1.82) is 0 Å². The number of benzene rings is 1. The Bertz CT molecular complexity index is 1380. The van der Waals surface area contributed by atoms with Crippen LogP contribution in [0, 0.1) is 0 Å². The first kappa shape index (κ1) is 19.0. The number of carbonyl (C=O) groups excluding carboxylic acids is 1. The van der Waals surface area contributed by atoms with E-state index in [0.717, 1.165) is 16.5 Å². The highest BCUT2D eigenvalue weighted by molar-refractivity contribution is 5.88. The summed E-state index contributed by atoms with van der Waals surface area (Å²) in [7, 11) is 0. The zero-order valence-corrected chi connectivity index (χ0v) is 17.2. The Hall–Kier alpha value is -4.01. The second-order valence-corrected chi connectivity index (χ2v) is 7.66. The summed E-state index contributed by atoms with van der Waals surface area (Å²) in [6.07, 6.45) is 4.00. The van der Waals surface area contributed by atoms with Crippen molar-refractivity contribution in [3.8, 4) is 11.5 Å². The molecule has 9 nitrogen and oxygen atoms in total. The Morgan fingerprint density at radius 3 is 2.90 bits per heavy atom. The van der Waals surface area contributed by atoms with E-state index in [-0.39, 0.29) is 24.8 Å². The number of carbonyl (C=O) groups is 1. The molecule has 0 saturated heterocycles. The summed E-state index contributed by atoms with van der Waals surface area (Å²) in [5.74, 6) is 1.74. The molecule has 0 aliphatic rings. The summed E-state index contributed by atoms with van der Waals surface area (Å²) in [5.41, 5.74) is 3.27. The lowest BCUT2D eigenvalue weighted by atomic mass is 10.1. The van der Waals surface area contributed by atoms with Gasteiger partial charge < -0.3 is 14.8 Å². The number of hydrogen-bond donors (Lipinski definition) is 2. The monoisotopic (exact) mass is 415 g/mol. The van der Waals surface area contributed by atoms with Crippen molar-refractivity contribution in [2.24, 2.45) is 0 Å². The molecule has 31 heavy (non-hydrogen) atoms. The minimum atomic E-state index is -0.0869. The molecule has 4 aromatic heterocycles. The summed E-state index contributed by atoms with van der Waals surface area (Å²) in [6.45, 7) is 4.26. The zero-order chi connectivity index (χ0) is 21.4. The highest BCUT2D eigenvalue weighted by Gasteiger charge is 2.17. The molecule has 2 N–H and O–H groups in total. The highest BCUT2D eigenvalue weighted by atomic mass is 16.5. The molecule has 0 aliphatic carbocycles. The van der Waals surface area contributed by atoms with Crippen molar-refractivity contribution >= 4 is 22.5 Å². The van der Waals surface area contributed by atoms with Crippen LogP contribution in [0.15, 0.2) is 53.3 Å². The molecular weight excluding hydrogens is 394 g/mol. The SMILES string of the molecule is CC(C)c1noc(-c2cccn3c(CNC(=O)Cc4c[nH]c5ccccc45)nnc23)n1.